The molecule has 0 spiro atoms. The summed E-state index contributed by atoms with van der Waals surface area (Å²) in [5.74, 6) is 1.80. The van der Waals surface area contributed by atoms with E-state index in [1.54, 1.807) is 43.6 Å². The van der Waals surface area contributed by atoms with E-state index in [2.05, 4.69) is 15.3 Å². The molecule has 0 unspecified atom stereocenters. The molecule has 4 rings (SSSR count). The molecule has 1 N–H and O–H groups in total. The molecular weight excluding hydrogens is 390 g/mol. The highest BCUT2D eigenvalue weighted by molar-refractivity contribution is 6.04. The van der Waals surface area contributed by atoms with Crippen LogP contribution in [-0.2, 0) is 0 Å². The van der Waals surface area contributed by atoms with Gasteiger partial charge in [-0.1, -0.05) is 42.0 Å². The summed E-state index contributed by atoms with van der Waals surface area (Å²) in [6, 6.07) is 23.8. The Hall–Kier alpha value is -4.19. The van der Waals surface area contributed by atoms with E-state index in [1.165, 1.54) is 0 Å². The summed E-state index contributed by atoms with van der Waals surface area (Å²) >= 11 is 0. The number of rotatable bonds is 6. The lowest BCUT2D eigenvalue weighted by Gasteiger charge is -2.10. The van der Waals surface area contributed by atoms with Gasteiger partial charge >= 0.3 is 0 Å². The third-order valence-electron chi connectivity index (χ3n) is 4.61. The molecule has 0 aliphatic carbocycles. The molecule has 31 heavy (non-hydrogen) atoms. The van der Waals surface area contributed by atoms with E-state index in [0.717, 1.165) is 11.3 Å². The second kappa shape index (κ2) is 9.09. The molecule has 0 aliphatic heterocycles. The Morgan fingerprint density at radius 3 is 2.45 bits per heavy atom. The Bertz CT molecular complexity index is 1210. The van der Waals surface area contributed by atoms with Crippen molar-refractivity contribution in [3.8, 4) is 28.8 Å². The van der Waals surface area contributed by atoms with Crippen molar-refractivity contribution in [2.24, 2.45) is 0 Å². The molecule has 154 valence electrons. The fraction of sp³-hybridized carbons (Fsp3) is 0.0800. The van der Waals surface area contributed by atoms with E-state index in [1.807, 2.05) is 55.5 Å². The first kappa shape index (κ1) is 20.1. The zero-order valence-corrected chi connectivity index (χ0v) is 17.2. The molecule has 6 heteroatoms. The number of carbonyl (C=O) groups excluding carboxylic acids is 1. The van der Waals surface area contributed by atoms with Crippen molar-refractivity contribution in [2.75, 3.05) is 12.4 Å². The Kier molecular flexibility index (Phi) is 5.89. The fourth-order valence-electron chi connectivity index (χ4n) is 2.99. The van der Waals surface area contributed by atoms with Crippen LogP contribution in [-0.4, -0.2) is 23.0 Å². The maximum absolute atomic E-state index is 12.7. The lowest BCUT2D eigenvalue weighted by atomic mass is 10.1. The SMILES string of the molecule is COc1ccccc1Oc1ccnc(-c2cccc(C(=O)Nc3ccc(C)cc3)c2)n1. The lowest BCUT2D eigenvalue weighted by Crippen LogP contribution is -2.11. The number of hydrogen-bond donors (Lipinski definition) is 1. The summed E-state index contributed by atoms with van der Waals surface area (Å²) in [5, 5.41) is 2.90. The zero-order valence-electron chi connectivity index (χ0n) is 17.2. The van der Waals surface area contributed by atoms with E-state index < -0.39 is 0 Å². The Morgan fingerprint density at radius 2 is 1.68 bits per heavy atom. The van der Waals surface area contributed by atoms with Crippen LogP contribution < -0.4 is 14.8 Å². The summed E-state index contributed by atoms with van der Waals surface area (Å²) in [6.07, 6.45) is 1.62. The Balaban J connectivity index is 1.55. The van der Waals surface area contributed by atoms with Crippen LogP contribution in [0.3, 0.4) is 0 Å². The maximum Gasteiger partial charge on any atom is 0.255 e. The van der Waals surface area contributed by atoms with Crippen molar-refractivity contribution in [1.82, 2.24) is 9.97 Å². The number of para-hydroxylation sites is 2. The van der Waals surface area contributed by atoms with Gasteiger partial charge in [0.05, 0.1) is 7.11 Å². The standard InChI is InChI=1S/C25H21N3O3/c1-17-10-12-20(13-11-17)27-25(29)19-7-5-6-18(16-19)24-26-15-14-23(28-24)31-22-9-4-3-8-21(22)30-2/h3-16H,1-2H3,(H,27,29). The van der Waals surface area contributed by atoms with Gasteiger partial charge in [0.15, 0.2) is 17.3 Å². The molecule has 6 nitrogen and oxygen atoms in total. The lowest BCUT2D eigenvalue weighted by molar-refractivity contribution is 0.102. The van der Waals surface area contributed by atoms with Gasteiger partial charge in [0.1, 0.15) is 0 Å². The first-order valence-corrected chi connectivity index (χ1v) is 9.75. The van der Waals surface area contributed by atoms with E-state index in [9.17, 15) is 4.79 Å². The molecule has 0 radical (unpaired) electrons. The first-order valence-electron chi connectivity index (χ1n) is 9.75. The molecule has 0 saturated heterocycles. The number of anilines is 1. The maximum atomic E-state index is 12.7. The van der Waals surface area contributed by atoms with E-state index in [4.69, 9.17) is 9.47 Å². The number of nitrogens with one attached hydrogen (secondary N) is 1. The highest BCUT2D eigenvalue weighted by Crippen LogP contribution is 2.30. The van der Waals surface area contributed by atoms with Crippen LogP contribution in [0.4, 0.5) is 5.69 Å². The summed E-state index contributed by atoms with van der Waals surface area (Å²) in [6.45, 7) is 2.00. The number of amides is 1. The van der Waals surface area contributed by atoms with Gasteiger partial charge in [0.25, 0.3) is 5.91 Å². The van der Waals surface area contributed by atoms with Crippen LogP contribution in [0, 0.1) is 6.92 Å². The molecule has 1 amide bonds. The summed E-state index contributed by atoms with van der Waals surface area (Å²) in [5.41, 5.74) is 3.09. The highest BCUT2D eigenvalue weighted by Gasteiger charge is 2.11. The first-order chi connectivity index (χ1) is 15.1. The van der Waals surface area contributed by atoms with Gasteiger partial charge < -0.3 is 14.8 Å². The minimum atomic E-state index is -0.202. The fourth-order valence-corrected chi connectivity index (χ4v) is 2.99. The van der Waals surface area contributed by atoms with Gasteiger partial charge in [-0.3, -0.25) is 4.79 Å². The van der Waals surface area contributed by atoms with Crippen molar-refractivity contribution >= 4 is 11.6 Å². The van der Waals surface area contributed by atoms with Gasteiger partial charge in [0, 0.05) is 29.1 Å². The number of benzene rings is 3. The smallest absolute Gasteiger partial charge is 0.255 e. The third-order valence-corrected chi connectivity index (χ3v) is 4.61. The summed E-state index contributed by atoms with van der Waals surface area (Å²) < 4.78 is 11.2. The van der Waals surface area contributed by atoms with Crippen molar-refractivity contribution < 1.29 is 14.3 Å². The van der Waals surface area contributed by atoms with Crippen LogP contribution in [0.15, 0.2) is 85.1 Å². The molecule has 4 aromatic rings. The number of nitrogens with zero attached hydrogens (tertiary/aromatic N) is 2. The monoisotopic (exact) mass is 411 g/mol. The molecule has 1 aromatic heterocycles. The van der Waals surface area contributed by atoms with Gasteiger partial charge in [-0.15, -0.1) is 0 Å². The van der Waals surface area contributed by atoms with Gasteiger partial charge in [-0.05, 0) is 43.3 Å². The molecule has 1 heterocycles. The van der Waals surface area contributed by atoms with E-state index in [-0.39, 0.29) is 5.91 Å². The second-order valence-corrected chi connectivity index (χ2v) is 6.87. The average molecular weight is 411 g/mol. The molecule has 0 atom stereocenters. The Labute approximate surface area is 180 Å². The predicted octanol–water partition coefficient (Wildman–Crippen LogP) is 5.51. The zero-order chi connectivity index (χ0) is 21.6. The molecule has 0 bridgehead atoms. The molecular formula is C25H21N3O3. The molecule has 3 aromatic carbocycles. The second-order valence-electron chi connectivity index (χ2n) is 6.87. The Morgan fingerprint density at radius 1 is 0.903 bits per heavy atom. The number of carbonyl (C=O) groups is 1. The number of aromatic nitrogens is 2. The normalized spacial score (nSPS) is 10.4. The van der Waals surface area contributed by atoms with Crippen LogP contribution in [0.25, 0.3) is 11.4 Å². The largest absolute Gasteiger partial charge is 0.493 e. The molecule has 0 fully saturated rings. The van der Waals surface area contributed by atoms with Crippen molar-refractivity contribution in [1.29, 1.82) is 0 Å². The predicted molar refractivity (Wildman–Crippen MR) is 120 cm³/mol. The van der Waals surface area contributed by atoms with Gasteiger partial charge in [-0.2, -0.15) is 4.98 Å². The van der Waals surface area contributed by atoms with Crippen LogP contribution in [0.5, 0.6) is 17.4 Å². The van der Waals surface area contributed by atoms with Crippen LogP contribution in [0.1, 0.15) is 15.9 Å². The number of methoxy groups -OCH3 is 1. The average Bonchev–Trinajstić information content (AvgIpc) is 2.81. The van der Waals surface area contributed by atoms with Crippen LogP contribution in [0.2, 0.25) is 0 Å². The minimum Gasteiger partial charge on any atom is -0.493 e. The third kappa shape index (κ3) is 4.87. The number of ether oxygens (including phenoxy) is 2. The molecule has 0 saturated carbocycles. The van der Waals surface area contributed by atoms with Crippen LogP contribution >= 0.6 is 0 Å². The topological polar surface area (TPSA) is 73.3 Å². The van der Waals surface area contributed by atoms with Gasteiger partial charge in [-0.25, -0.2) is 4.98 Å². The van der Waals surface area contributed by atoms with Crippen molar-refractivity contribution in [3.05, 3.63) is 96.2 Å². The van der Waals surface area contributed by atoms with E-state index in [0.29, 0.717) is 34.3 Å². The summed E-state index contributed by atoms with van der Waals surface area (Å²) in [7, 11) is 1.58. The summed E-state index contributed by atoms with van der Waals surface area (Å²) in [4.78, 5) is 21.5. The minimum absolute atomic E-state index is 0.202. The molecule has 0 aliphatic rings. The van der Waals surface area contributed by atoms with Crippen molar-refractivity contribution in [2.45, 2.75) is 6.92 Å². The number of aryl methyl sites for hydroxylation is 1. The highest BCUT2D eigenvalue weighted by atomic mass is 16.5. The van der Waals surface area contributed by atoms with Gasteiger partial charge in [0.2, 0.25) is 5.88 Å². The van der Waals surface area contributed by atoms with Crippen molar-refractivity contribution in [3.63, 3.8) is 0 Å². The quantitative estimate of drug-likeness (QED) is 0.453. The number of hydrogen-bond acceptors (Lipinski definition) is 5. The van der Waals surface area contributed by atoms with E-state index >= 15 is 0 Å².